The third-order valence-corrected chi connectivity index (χ3v) is 5.90. The fraction of sp³-hybridized carbons (Fsp3) is 0.0370. The Morgan fingerprint density at radius 2 is 1.79 bits per heavy atom. The van der Waals surface area contributed by atoms with Gasteiger partial charge in [0.1, 0.15) is 11.6 Å². The number of aromatic nitrogens is 3. The fourth-order valence-corrected chi connectivity index (χ4v) is 4.16. The number of anilines is 1. The van der Waals surface area contributed by atoms with Crippen LogP contribution in [-0.2, 0) is 0 Å². The van der Waals surface area contributed by atoms with E-state index in [1.165, 1.54) is 4.40 Å². The van der Waals surface area contributed by atoms with Crippen molar-refractivity contribution in [2.45, 2.75) is 6.92 Å². The molecule has 0 radical (unpaired) electrons. The molecule has 162 valence electrons. The predicted octanol–water partition coefficient (Wildman–Crippen LogP) is 4.41. The van der Waals surface area contributed by atoms with Gasteiger partial charge in [-0.25, -0.2) is 9.97 Å². The summed E-state index contributed by atoms with van der Waals surface area (Å²) in [5, 5.41) is 13.4. The maximum Gasteiger partial charge on any atom is 0.265 e. The SMILES string of the molecule is Cc1c(C#N)c2nc3ccccc3n2c(=O)/c1=C\Nc1ccc2oc(-c3ccccc3)nc2c1. The second-order valence-electron chi connectivity index (χ2n) is 7.95. The normalized spacial score (nSPS) is 11.9. The van der Waals surface area contributed by atoms with Gasteiger partial charge in [0.25, 0.3) is 5.56 Å². The highest BCUT2D eigenvalue weighted by Gasteiger charge is 2.16. The molecule has 6 aromatic rings. The Morgan fingerprint density at radius 3 is 2.62 bits per heavy atom. The van der Waals surface area contributed by atoms with Crippen LogP contribution in [0, 0.1) is 18.3 Å². The number of rotatable bonds is 3. The Labute approximate surface area is 193 Å². The zero-order valence-corrected chi connectivity index (χ0v) is 18.1. The van der Waals surface area contributed by atoms with E-state index in [0.29, 0.717) is 50.0 Å². The molecule has 0 aliphatic rings. The van der Waals surface area contributed by atoms with Gasteiger partial charge in [0.15, 0.2) is 11.2 Å². The van der Waals surface area contributed by atoms with Gasteiger partial charge in [0, 0.05) is 17.5 Å². The standard InChI is InChI=1S/C27H17N5O2/c1-16-19(14-28)25-30-21-9-5-6-10-23(21)32(25)27(33)20(16)15-29-18-11-12-24-22(13-18)31-26(34-24)17-7-3-2-4-8-17/h2-13,15,29H,1H3/b20-15-. The van der Waals surface area contributed by atoms with E-state index in [9.17, 15) is 10.1 Å². The van der Waals surface area contributed by atoms with Gasteiger partial charge in [0.05, 0.1) is 21.8 Å². The summed E-state index contributed by atoms with van der Waals surface area (Å²) in [4.78, 5) is 22.5. The summed E-state index contributed by atoms with van der Waals surface area (Å²) in [5.74, 6) is 0.547. The van der Waals surface area contributed by atoms with Gasteiger partial charge in [-0.1, -0.05) is 30.3 Å². The van der Waals surface area contributed by atoms with Crippen molar-refractivity contribution in [1.29, 1.82) is 5.26 Å². The van der Waals surface area contributed by atoms with Crippen LogP contribution in [-0.4, -0.2) is 14.4 Å². The van der Waals surface area contributed by atoms with Gasteiger partial charge in [-0.05, 0) is 55.0 Å². The molecule has 34 heavy (non-hydrogen) atoms. The summed E-state index contributed by atoms with van der Waals surface area (Å²) >= 11 is 0. The number of oxazole rings is 1. The Hall–Kier alpha value is -4.96. The van der Waals surface area contributed by atoms with E-state index in [0.717, 1.165) is 11.3 Å². The van der Waals surface area contributed by atoms with E-state index < -0.39 is 0 Å². The molecule has 3 aromatic carbocycles. The molecular formula is C27H17N5O2. The number of imidazole rings is 1. The van der Waals surface area contributed by atoms with Crippen LogP contribution in [0.1, 0.15) is 11.1 Å². The number of nitriles is 1. The third kappa shape index (κ3) is 3.01. The van der Waals surface area contributed by atoms with Gasteiger partial charge >= 0.3 is 0 Å². The quantitative estimate of drug-likeness (QED) is 0.435. The summed E-state index contributed by atoms with van der Waals surface area (Å²) in [6, 6.07) is 24.8. The number of fused-ring (bicyclic) bond motifs is 4. The molecular weight excluding hydrogens is 426 g/mol. The van der Waals surface area contributed by atoms with Crippen molar-refractivity contribution in [3.05, 3.63) is 99.5 Å². The summed E-state index contributed by atoms with van der Waals surface area (Å²) in [7, 11) is 0. The van der Waals surface area contributed by atoms with Crippen molar-refractivity contribution in [3.8, 4) is 17.5 Å². The van der Waals surface area contributed by atoms with Crippen LogP contribution in [0.3, 0.4) is 0 Å². The van der Waals surface area contributed by atoms with Crippen molar-refractivity contribution >= 4 is 39.7 Å². The molecule has 1 N–H and O–H groups in total. The number of hydrogen-bond donors (Lipinski definition) is 1. The molecule has 3 aromatic heterocycles. The van der Waals surface area contributed by atoms with E-state index in [-0.39, 0.29) is 5.56 Å². The Morgan fingerprint density at radius 1 is 1.00 bits per heavy atom. The largest absolute Gasteiger partial charge is 0.436 e. The van der Waals surface area contributed by atoms with Crippen molar-refractivity contribution in [1.82, 2.24) is 14.4 Å². The molecule has 0 aliphatic heterocycles. The molecule has 0 fully saturated rings. The van der Waals surface area contributed by atoms with E-state index in [1.807, 2.05) is 72.8 Å². The number of pyridine rings is 1. The molecule has 0 unspecified atom stereocenters. The van der Waals surface area contributed by atoms with Gasteiger partial charge in [-0.2, -0.15) is 5.26 Å². The van der Waals surface area contributed by atoms with Crippen LogP contribution < -0.4 is 16.1 Å². The Bertz CT molecular complexity index is 1880. The molecule has 0 aliphatic carbocycles. The van der Waals surface area contributed by atoms with Gasteiger partial charge in [0.2, 0.25) is 5.89 Å². The second kappa shape index (κ2) is 7.57. The second-order valence-corrected chi connectivity index (χ2v) is 7.95. The lowest BCUT2D eigenvalue weighted by atomic mass is 10.1. The van der Waals surface area contributed by atoms with E-state index in [2.05, 4.69) is 21.4 Å². The number of benzene rings is 3. The van der Waals surface area contributed by atoms with Gasteiger partial charge < -0.3 is 9.73 Å². The first-order valence-corrected chi connectivity index (χ1v) is 10.7. The third-order valence-electron chi connectivity index (χ3n) is 5.90. The highest BCUT2D eigenvalue weighted by Crippen LogP contribution is 2.26. The maximum absolute atomic E-state index is 13.4. The van der Waals surface area contributed by atoms with E-state index in [1.54, 1.807) is 13.1 Å². The van der Waals surface area contributed by atoms with Crippen molar-refractivity contribution in [2.24, 2.45) is 0 Å². The molecule has 7 nitrogen and oxygen atoms in total. The van der Waals surface area contributed by atoms with Crippen molar-refractivity contribution in [3.63, 3.8) is 0 Å². The number of nitrogens with zero attached hydrogens (tertiary/aromatic N) is 4. The lowest BCUT2D eigenvalue weighted by Crippen LogP contribution is -2.34. The monoisotopic (exact) mass is 443 g/mol. The lowest BCUT2D eigenvalue weighted by Gasteiger charge is -2.04. The van der Waals surface area contributed by atoms with Crippen LogP contribution >= 0.6 is 0 Å². The van der Waals surface area contributed by atoms with Crippen LogP contribution in [0.15, 0.2) is 82.0 Å². The average molecular weight is 443 g/mol. The molecule has 0 atom stereocenters. The average Bonchev–Trinajstić information content (AvgIpc) is 3.46. The molecule has 0 amide bonds. The zero-order valence-electron chi connectivity index (χ0n) is 18.1. The van der Waals surface area contributed by atoms with Crippen LogP contribution in [0.5, 0.6) is 0 Å². The first-order valence-electron chi connectivity index (χ1n) is 10.7. The minimum atomic E-state index is -0.235. The predicted molar refractivity (Wildman–Crippen MR) is 131 cm³/mol. The molecule has 0 bridgehead atoms. The number of hydrogen-bond acceptors (Lipinski definition) is 6. The van der Waals surface area contributed by atoms with Crippen LogP contribution in [0.2, 0.25) is 0 Å². The Kier molecular flexibility index (Phi) is 4.39. The number of para-hydroxylation sites is 2. The first kappa shape index (κ1) is 19.7. The smallest absolute Gasteiger partial charge is 0.265 e. The highest BCUT2D eigenvalue weighted by molar-refractivity contribution is 5.83. The summed E-state index contributed by atoms with van der Waals surface area (Å²) in [6.45, 7) is 1.76. The molecule has 3 heterocycles. The zero-order chi connectivity index (χ0) is 23.2. The fourth-order valence-electron chi connectivity index (χ4n) is 4.16. The molecule has 6 rings (SSSR count). The van der Waals surface area contributed by atoms with Crippen LogP contribution in [0.25, 0.3) is 45.4 Å². The lowest BCUT2D eigenvalue weighted by molar-refractivity contribution is 0.620. The van der Waals surface area contributed by atoms with Crippen molar-refractivity contribution in [2.75, 3.05) is 5.32 Å². The Balaban J connectivity index is 1.46. The highest BCUT2D eigenvalue weighted by atomic mass is 16.3. The molecule has 0 saturated carbocycles. The van der Waals surface area contributed by atoms with Crippen molar-refractivity contribution < 1.29 is 4.42 Å². The topological polar surface area (TPSA) is 96.2 Å². The van der Waals surface area contributed by atoms with E-state index >= 15 is 0 Å². The first-order chi connectivity index (χ1) is 16.6. The number of nitrogens with one attached hydrogen (secondary N) is 1. The van der Waals surface area contributed by atoms with E-state index in [4.69, 9.17) is 4.42 Å². The maximum atomic E-state index is 13.4. The van der Waals surface area contributed by atoms with Gasteiger partial charge in [-0.3, -0.25) is 9.20 Å². The van der Waals surface area contributed by atoms with Gasteiger partial charge in [-0.15, -0.1) is 0 Å². The minimum absolute atomic E-state index is 0.235. The molecule has 0 saturated heterocycles. The molecule has 0 spiro atoms. The minimum Gasteiger partial charge on any atom is -0.436 e. The molecule has 7 heteroatoms. The van der Waals surface area contributed by atoms with Crippen LogP contribution in [0.4, 0.5) is 5.69 Å². The summed E-state index contributed by atoms with van der Waals surface area (Å²) < 4.78 is 7.38. The summed E-state index contributed by atoms with van der Waals surface area (Å²) in [6.07, 6.45) is 1.63. The summed E-state index contributed by atoms with van der Waals surface area (Å²) in [5.41, 5.74) is 5.46.